The van der Waals surface area contributed by atoms with Gasteiger partial charge in [0.25, 0.3) is 5.91 Å². The second-order valence-electron chi connectivity index (χ2n) is 5.56. The first-order valence-corrected chi connectivity index (χ1v) is 7.42. The van der Waals surface area contributed by atoms with Crippen molar-refractivity contribution in [1.29, 1.82) is 0 Å². The Bertz CT molecular complexity index is 918. The lowest BCUT2D eigenvalue weighted by Crippen LogP contribution is -2.25. The molecule has 3 nitrogen and oxygen atoms in total. The smallest absolute Gasteiger partial charge is 0.251 e. The average Bonchev–Trinajstić information content (AvgIpc) is 2.85. The van der Waals surface area contributed by atoms with Crippen molar-refractivity contribution < 1.29 is 18.0 Å². The number of carbonyl (C=O) groups is 1. The van der Waals surface area contributed by atoms with Crippen LogP contribution in [0.15, 0.2) is 42.6 Å². The van der Waals surface area contributed by atoms with E-state index in [0.29, 0.717) is 13.0 Å². The van der Waals surface area contributed by atoms with Crippen molar-refractivity contribution in [2.24, 2.45) is 7.05 Å². The molecule has 1 heterocycles. The summed E-state index contributed by atoms with van der Waals surface area (Å²) < 4.78 is 41.3. The van der Waals surface area contributed by atoms with Crippen molar-refractivity contribution in [1.82, 2.24) is 9.88 Å². The van der Waals surface area contributed by atoms with Crippen LogP contribution in [0.25, 0.3) is 10.9 Å². The highest BCUT2D eigenvalue weighted by atomic mass is 19.2. The van der Waals surface area contributed by atoms with Crippen LogP contribution in [0.5, 0.6) is 0 Å². The van der Waals surface area contributed by atoms with Gasteiger partial charge in [-0.2, -0.15) is 0 Å². The summed E-state index contributed by atoms with van der Waals surface area (Å²) >= 11 is 0. The molecule has 0 bridgehead atoms. The minimum atomic E-state index is -1.06. The van der Waals surface area contributed by atoms with Gasteiger partial charge in [0.1, 0.15) is 5.82 Å². The zero-order valence-corrected chi connectivity index (χ0v) is 12.9. The van der Waals surface area contributed by atoms with E-state index in [1.165, 1.54) is 18.2 Å². The molecule has 1 amide bonds. The van der Waals surface area contributed by atoms with Crippen LogP contribution in [0.3, 0.4) is 0 Å². The number of carbonyl (C=O) groups excluding carboxylic acids is 1. The monoisotopic (exact) mass is 332 g/mol. The Kier molecular flexibility index (Phi) is 4.29. The van der Waals surface area contributed by atoms with Gasteiger partial charge in [0.05, 0.1) is 0 Å². The van der Waals surface area contributed by atoms with Crippen LogP contribution < -0.4 is 5.32 Å². The summed E-state index contributed by atoms with van der Waals surface area (Å²) in [6, 6.07) is 7.56. The number of amides is 1. The molecule has 3 aromatic rings. The third-order valence-corrected chi connectivity index (χ3v) is 3.90. The molecule has 0 radical (unpaired) electrons. The van der Waals surface area contributed by atoms with Gasteiger partial charge in [-0.15, -0.1) is 0 Å². The Morgan fingerprint density at radius 3 is 2.62 bits per heavy atom. The van der Waals surface area contributed by atoms with Crippen molar-refractivity contribution in [3.63, 3.8) is 0 Å². The third-order valence-electron chi connectivity index (χ3n) is 3.90. The molecule has 0 spiro atoms. The molecule has 0 unspecified atom stereocenters. The topological polar surface area (TPSA) is 34.0 Å². The number of hydrogen-bond acceptors (Lipinski definition) is 1. The first-order valence-electron chi connectivity index (χ1n) is 7.42. The van der Waals surface area contributed by atoms with Crippen LogP contribution in [0, 0.1) is 17.5 Å². The lowest BCUT2D eigenvalue weighted by Gasteiger charge is -2.05. The van der Waals surface area contributed by atoms with E-state index in [1.807, 2.05) is 17.8 Å². The molecular weight excluding hydrogens is 317 g/mol. The van der Waals surface area contributed by atoms with Gasteiger partial charge in [-0.05, 0) is 48.4 Å². The van der Waals surface area contributed by atoms with E-state index < -0.39 is 17.5 Å². The number of aromatic nitrogens is 1. The summed E-state index contributed by atoms with van der Waals surface area (Å²) in [7, 11) is 1.86. The number of aryl methyl sites for hydroxylation is 1. The summed E-state index contributed by atoms with van der Waals surface area (Å²) in [4.78, 5) is 12.0. The predicted octanol–water partition coefficient (Wildman–Crippen LogP) is 3.57. The normalized spacial score (nSPS) is 11.0. The Balaban J connectivity index is 1.69. The van der Waals surface area contributed by atoms with E-state index in [-0.39, 0.29) is 11.4 Å². The third kappa shape index (κ3) is 3.13. The van der Waals surface area contributed by atoms with Crippen LogP contribution >= 0.6 is 0 Å². The van der Waals surface area contributed by atoms with E-state index in [0.717, 1.165) is 28.6 Å². The Morgan fingerprint density at radius 1 is 1.08 bits per heavy atom. The van der Waals surface area contributed by atoms with Crippen LogP contribution in [-0.2, 0) is 13.5 Å². The molecule has 0 fully saturated rings. The fraction of sp³-hybridized carbons (Fsp3) is 0.167. The molecule has 124 valence electrons. The molecule has 1 N–H and O–H groups in total. The number of nitrogens with zero attached hydrogens (tertiary/aromatic N) is 1. The van der Waals surface area contributed by atoms with E-state index in [4.69, 9.17) is 0 Å². The zero-order chi connectivity index (χ0) is 17.3. The molecule has 0 saturated heterocycles. The van der Waals surface area contributed by atoms with Crippen molar-refractivity contribution in [3.8, 4) is 0 Å². The summed E-state index contributed by atoms with van der Waals surface area (Å²) in [5, 5.41) is 3.44. The number of nitrogens with one attached hydrogen (secondary N) is 1. The molecule has 0 aliphatic rings. The molecule has 24 heavy (non-hydrogen) atoms. The van der Waals surface area contributed by atoms with Crippen LogP contribution in [0.1, 0.15) is 15.9 Å². The maximum Gasteiger partial charge on any atom is 0.251 e. The first-order chi connectivity index (χ1) is 11.5. The predicted molar refractivity (Wildman–Crippen MR) is 85.3 cm³/mol. The fourth-order valence-electron chi connectivity index (χ4n) is 2.70. The molecule has 0 saturated carbocycles. The zero-order valence-electron chi connectivity index (χ0n) is 12.9. The molecule has 1 aromatic heterocycles. The van der Waals surface area contributed by atoms with Gasteiger partial charge in [0.15, 0.2) is 11.6 Å². The summed E-state index contributed by atoms with van der Waals surface area (Å²) in [6.45, 7) is 0.299. The highest BCUT2D eigenvalue weighted by molar-refractivity contribution is 5.94. The minimum absolute atomic E-state index is 0.0536. The quantitative estimate of drug-likeness (QED) is 0.779. The van der Waals surface area contributed by atoms with Crippen molar-refractivity contribution in [2.75, 3.05) is 6.54 Å². The Labute approximate surface area is 136 Å². The number of rotatable bonds is 4. The maximum absolute atomic E-state index is 13.4. The molecule has 3 rings (SSSR count). The average molecular weight is 332 g/mol. The summed E-state index contributed by atoms with van der Waals surface area (Å²) in [6.07, 6.45) is 2.38. The van der Waals surface area contributed by atoms with Crippen molar-refractivity contribution in [3.05, 3.63) is 71.2 Å². The fourth-order valence-corrected chi connectivity index (χ4v) is 2.70. The SMILES string of the molecule is Cn1cc(CCNC(=O)c2ccc(F)c(F)c2)c2cc(F)ccc21. The highest BCUT2D eigenvalue weighted by Crippen LogP contribution is 2.22. The summed E-state index contributed by atoms with van der Waals surface area (Å²) in [5.74, 6) is -2.86. The number of fused-ring (bicyclic) bond motifs is 1. The van der Waals surface area contributed by atoms with Gasteiger partial charge in [0.2, 0.25) is 0 Å². The lowest BCUT2D eigenvalue weighted by molar-refractivity contribution is 0.0953. The van der Waals surface area contributed by atoms with Crippen molar-refractivity contribution >= 4 is 16.8 Å². The minimum Gasteiger partial charge on any atom is -0.352 e. The van der Waals surface area contributed by atoms with E-state index in [2.05, 4.69) is 5.32 Å². The van der Waals surface area contributed by atoms with Gasteiger partial charge in [-0.1, -0.05) is 0 Å². The number of benzene rings is 2. The number of halogens is 3. The second kappa shape index (κ2) is 6.39. The molecule has 0 aliphatic heterocycles. The standard InChI is InChI=1S/C18H15F3N2O/c1-23-10-12(14-9-13(19)3-5-17(14)23)6-7-22-18(24)11-2-4-15(20)16(21)8-11/h2-5,8-10H,6-7H2,1H3,(H,22,24). The Morgan fingerprint density at radius 2 is 1.88 bits per heavy atom. The van der Waals surface area contributed by atoms with Gasteiger partial charge in [-0.3, -0.25) is 4.79 Å². The van der Waals surface area contributed by atoms with Crippen molar-refractivity contribution in [2.45, 2.75) is 6.42 Å². The molecular formula is C18H15F3N2O. The molecule has 2 aromatic carbocycles. The molecule has 0 atom stereocenters. The van der Waals surface area contributed by atoms with Crippen LogP contribution in [-0.4, -0.2) is 17.0 Å². The van der Waals surface area contributed by atoms with E-state index in [9.17, 15) is 18.0 Å². The van der Waals surface area contributed by atoms with E-state index >= 15 is 0 Å². The van der Waals surface area contributed by atoms with Crippen LogP contribution in [0.4, 0.5) is 13.2 Å². The first kappa shape index (κ1) is 16.1. The van der Waals surface area contributed by atoms with Gasteiger partial charge < -0.3 is 9.88 Å². The molecule has 6 heteroatoms. The Hall–Kier alpha value is -2.76. The maximum atomic E-state index is 13.4. The van der Waals surface area contributed by atoms with Gasteiger partial charge in [0, 0.05) is 36.3 Å². The largest absolute Gasteiger partial charge is 0.352 e. The van der Waals surface area contributed by atoms with E-state index in [1.54, 1.807) is 6.07 Å². The second-order valence-corrected chi connectivity index (χ2v) is 5.56. The number of hydrogen-bond donors (Lipinski definition) is 1. The van der Waals surface area contributed by atoms with Gasteiger partial charge in [-0.25, -0.2) is 13.2 Å². The van der Waals surface area contributed by atoms with Crippen LogP contribution in [0.2, 0.25) is 0 Å². The highest BCUT2D eigenvalue weighted by Gasteiger charge is 2.11. The summed E-state index contributed by atoms with van der Waals surface area (Å²) in [5.41, 5.74) is 1.86. The molecule has 0 aliphatic carbocycles. The lowest BCUT2D eigenvalue weighted by atomic mass is 10.1. The van der Waals surface area contributed by atoms with Gasteiger partial charge >= 0.3 is 0 Å².